The van der Waals surface area contributed by atoms with Crippen LogP contribution in [0.1, 0.15) is 23.9 Å². The Kier molecular flexibility index (Phi) is 5.30. The van der Waals surface area contributed by atoms with E-state index >= 15 is 0 Å². The van der Waals surface area contributed by atoms with E-state index < -0.39 is 0 Å². The molecule has 2 aromatic heterocycles. The lowest BCUT2D eigenvalue weighted by atomic mass is 10.0. The molecule has 6 heteroatoms. The standard InChI is InChI=1S/C25H21F2N3O/c26-20-6-4-18(5-7-20)24-25(19-10-12-28-13-11-19)30-22(8-9-23(30)29-24)16-31-15-17-2-1-3-21(27)14-17/h1-7,10-14,22H,8-9,15-16H2/t22-/m0/s1. The lowest BCUT2D eigenvalue weighted by Gasteiger charge is -2.18. The molecule has 0 spiro atoms. The summed E-state index contributed by atoms with van der Waals surface area (Å²) in [5.74, 6) is 0.456. The topological polar surface area (TPSA) is 39.9 Å². The van der Waals surface area contributed by atoms with Crippen LogP contribution in [0, 0.1) is 11.6 Å². The van der Waals surface area contributed by atoms with Gasteiger partial charge in [-0.25, -0.2) is 13.8 Å². The molecule has 31 heavy (non-hydrogen) atoms. The summed E-state index contributed by atoms with van der Waals surface area (Å²) in [6.07, 6.45) is 5.28. The van der Waals surface area contributed by atoms with Gasteiger partial charge >= 0.3 is 0 Å². The van der Waals surface area contributed by atoms with Gasteiger partial charge in [0, 0.05) is 29.9 Å². The van der Waals surface area contributed by atoms with Crippen LogP contribution in [0.25, 0.3) is 22.5 Å². The van der Waals surface area contributed by atoms with Gasteiger partial charge in [-0.1, -0.05) is 12.1 Å². The molecule has 0 radical (unpaired) electrons. The van der Waals surface area contributed by atoms with Crippen molar-refractivity contribution in [2.45, 2.75) is 25.5 Å². The summed E-state index contributed by atoms with van der Waals surface area (Å²) in [5.41, 5.74) is 4.50. The number of fused-ring (bicyclic) bond motifs is 1. The summed E-state index contributed by atoms with van der Waals surface area (Å²) < 4.78 is 35.1. The van der Waals surface area contributed by atoms with Crippen molar-refractivity contribution in [1.82, 2.24) is 14.5 Å². The maximum atomic E-state index is 13.5. The molecule has 3 heterocycles. The molecule has 1 atom stereocenters. The SMILES string of the molecule is Fc1ccc(-c2nc3n(c2-c2ccncc2)[C@H](COCc2cccc(F)c2)CC3)cc1. The number of aryl methyl sites for hydroxylation is 1. The number of hydrogen-bond donors (Lipinski definition) is 0. The lowest BCUT2D eigenvalue weighted by molar-refractivity contribution is 0.0923. The van der Waals surface area contributed by atoms with Crippen LogP contribution in [0.4, 0.5) is 8.78 Å². The predicted octanol–water partition coefficient (Wildman–Crippen LogP) is 5.59. The molecule has 0 amide bonds. The highest BCUT2D eigenvalue weighted by Crippen LogP contribution is 2.39. The van der Waals surface area contributed by atoms with E-state index in [4.69, 9.17) is 9.72 Å². The number of nitrogens with zero attached hydrogens (tertiary/aromatic N) is 3. The van der Waals surface area contributed by atoms with Crippen molar-refractivity contribution in [3.8, 4) is 22.5 Å². The molecule has 0 aliphatic carbocycles. The van der Waals surface area contributed by atoms with Crippen LogP contribution in [0.3, 0.4) is 0 Å². The molecule has 5 rings (SSSR count). The van der Waals surface area contributed by atoms with Crippen molar-refractivity contribution in [2.24, 2.45) is 0 Å². The zero-order chi connectivity index (χ0) is 21.2. The van der Waals surface area contributed by atoms with Crippen molar-refractivity contribution >= 4 is 0 Å². The average Bonchev–Trinajstić information content (AvgIpc) is 3.35. The Hall–Kier alpha value is -3.38. The molecular weight excluding hydrogens is 396 g/mol. The van der Waals surface area contributed by atoms with Gasteiger partial charge in [-0.3, -0.25) is 4.98 Å². The molecule has 0 saturated carbocycles. The van der Waals surface area contributed by atoms with Crippen molar-refractivity contribution < 1.29 is 13.5 Å². The van der Waals surface area contributed by atoms with Crippen molar-refractivity contribution in [1.29, 1.82) is 0 Å². The number of ether oxygens (including phenoxy) is 1. The van der Waals surface area contributed by atoms with Crippen molar-refractivity contribution in [3.63, 3.8) is 0 Å². The predicted molar refractivity (Wildman–Crippen MR) is 114 cm³/mol. The Morgan fingerprint density at radius 3 is 2.52 bits per heavy atom. The third-order valence-corrected chi connectivity index (χ3v) is 5.59. The van der Waals surface area contributed by atoms with Gasteiger partial charge in [0.1, 0.15) is 17.5 Å². The first kappa shape index (κ1) is 19.6. The van der Waals surface area contributed by atoms with E-state index in [-0.39, 0.29) is 17.7 Å². The number of aromatic nitrogens is 3. The second kappa shape index (κ2) is 8.40. The summed E-state index contributed by atoms with van der Waals surface area (Å²) in [4.78, 5) is 9.05. The van der Waals surface area contributed by atoms with Gasteiger partial charge in [-0.2, -0.15) is 0 Å². The average molecular weight is 417 g/mol. The van der Waals surface area contributed by atoms with Crippen molar-refractivity contribution in [3.05, 3.63) is 96.1 Å². The molecule has 4 aromatic rings. The minimum Gasteiger partial charge on any atom is -0.375 e. The first-order valence-corrected chi connectivity index (χ1v) is 10.3. The number of pyridine rings is 1. The van der Waals surface area contributed by atoms with Gasteiger partial charge in [-0.15, -0.1) is 0 Å². The van der Waals surface area contributed by atoms with E-state index in [0.717, 1.165) is 46.7 Å². The zero-order valence-electron chi connectivity index (χ0n) is 16.8. The van der Waals surface area contributed by atoms with Crippen LogP contribution < -0.4 is 0 Å². The first-order valence-electron chi connectivity index (χ1n) is 10.3. The minimum absolute atomic E-state index is 0.119. The molecule has 0 N–H and O–H groups in total. The molecule has 0 unspecified atom stereocenters. The van der Waals surface area contributed by atoms with E-state index in [9.17, 15) is 8.78 Å². The molecule has 156 valence electrons. The number of benzene rings is 2. The Morgan fingerprint density at radius 2 is 1.74 bits per heavy atom. The Bertz CT molecular complexity index is 1190. The third kappa shape index (κ3) is 3.99. The smallest absolute Gasteiger partial charge is 0.123 e. The van der Waals surface area contributed by atoms with Gasteiger partial charge in [0.25, 0.3) is 0 Å². The number of imidazole rings is 1. The second-order valence-corrected chi connectivity index (χ2v) is 7.68. The van der Waals surface area contributed by atoms with Gasteiger partial charge in [0.2, 0.25) is 0 Å². The van der Waals surface area contributed by atoms with Crippen LogP contribution in [0.2, 0.25) is 0 Å². The van der Waals surface area contributed by atoms with Crippen LogP contribution in [-0.4, -0.2) is 21.1 Å². The van der Waals surface area contributed by atoms with Gasteiger partial charge in [0.15, 0.2) is 0 Å². The van der Waals surface area contributed by atoms with E-state index in [0.29, 0.717) is 13.2 Å². The maximum absolute atomic E-state index is 13.5. The Morgan fingerprint density at radius 1 is 0.935 bits per heavy atom. The van der Waals surface area contributed by atoms with Crippen LogP contribution >= 0.6 is 0 Å². The van der Waals surface area contributed by atoms with E-state index in [2.05, 4.69) is 9.55 Å². The molecule has 1 aliphatic heterocycles. The summed E-state index contributed by atoms with van der Waals surface area (Å²) in [6, 6.07) is 16.9. The summed E-state index contributed by atoms with van der Waals surface area (Å²) in [6.45, 7) is 0.856. The molecular formula is C25H21F2N3O. The number of rotatable bonds is 6. The molecule has 1 aliphatic rings. The molecule has 2 aromatic carbocycles. The van der Waals surface area contributed by atoms with Crippen LogP contribution in [0.5, 0.6) is 0 Å². The quantitative estimate of drug-likeness (QED) is 0.410. The normalized spacial score (nSPS) is 15.2. The fourth-order valence-corrected chi connectivity index (χ4v) is 4.17. The highest BCUT2D eigenvalue weighted by atomic mass is 19.1. The maximum Gasteiger partial charge on any atom is 0.123 e. The number of halogens is 2. The lowest BCUT2D eigenvalue weighted by Crippen LogP contribution is -2.13. The van der Waals surface area contributed by atoms with E-state index in [1.54, 1.807) is 30.6 Å². The van der Waals surface area contributed by atoms with Gasteiger partial charge in [-0.05, 0) is 60.5 Å². The van der Waals surface area contributed by atoms with Gasteiger partial charge in [0.05, 0.1) is 30.6 Å². The fourth-order valence-electron chi connectivity index (χ4n) is 4.17. The Labute approximate surface area is 179 Å². The van der Waals surface area contributed by atoms with Gasteiger partial charge < -0.3 is 9.30 Å². The van der Waals surface area contributed by atoms with Crippen LogP contribution in [-0.2, 0) is 17.8 Å². The monoisotopic (exact) mass is 417 g/mol. The minimum atomic E-state index is -0.274. The van der Waals surface area contributed by atoms with Crippen molar-refractivity contribution in [2.75, 3.05) is 6.61 Å². The molecule has 4 nitrogen and oxygen atoms in total. The largest absolute Gasteiger partial charge is 0.375 e. The Balaban J connectivity index is 1.47. The summed E-state index contributed by atoms with van der Waals surface area (Å²) in [5, 5.41) is 0. The first-order chi connectivity index (χ1) is 15.2. The summed E-state index contributed by atoms with van der Waals surface area (Å²) >= 11 is 0. The van der Waals surface area contributed by atoms with E-state index in [1.165, 1.54) is 24.3 Å². The van der Waals surface area contributed by atoms with Crippen LogP contribution in [0.15, 0.2) is 73.1 Å². The number of hydrogen-bond acceptors (Lipinski definition) is 3. The molecule has 0 bridgehead atoms. The summed E-state index contributed by atoms with van der Waals surface area (Å²) in [7, 11) is 0. The van der Waals surface area contributed by atoms with E-state index in [1.807, 2.05) is 18.2 Å². The fraction of sp³-hybridized carbons (Fsp3) is 0.200. The zero-order valence-corrected chi connectivity index (χ0v) is 16.8. The highest BCUT2D eigenvalue weighted by molar-refractivity contribution is 5.79. The third-order valence-electron chi connectivity index (χ3n) is 5.59. The molecule has 0 fully saturated rings. The highest BCUT2D eigenvalue weighted by Gasteiger charge is 2.30. The molecule has 0 saturated heterocycles. The second-order valence-electron chi connectivity index (χ2n) is 7.68.